The summed E-state index contributed by atoms with van der Waals surface area (Å²) in [6.45, 7) is 7.18. The van der Waals surface area contributed by atoms with Gasteiger partial charge in [0.15, 0.2) is 0 Å². The fraction of sp³-hybridized carbons (Fsp3) is 0.857. The molecule has 6 nitrogen and oxygen atoms in total. The van der Waals surface area contributed by atoms with Gasteiger partial charge in [-0.15, -0.1) is 0 Å². The van der Waals surface area contributed by atoms with E-state index in [0.717, 1.165) is 19.4 Å². The van der Waals surface area contributed by atoms with Crippen LogP contribution in [0.3, 0.4) is 0 Å². The van der Waals surface area contributed by atoms with Gasteiger partial charge in [-0.3, -0.25) is 9.59 Å². The Bertz CT molecular complexity index is 346. The monoisotopic (exact) mass is 283 g/mol. The molecular formula is C14H25N3O3. The molecule has 20 heavy (non-hydrogen) atoms. The predicted octanol–water partition coefficient (Wildman–Crippen LogP) is -0.262. The Morgan fingerprint density at radius 1 is 1.30 bits per heavy atom. The molecule has 2 saturated heterocycles. The first-order valence-corrected chi connectivity index (χ1v) is 7.49. The van der Waals surface area contributed by atoms with E-state index in [4.69, 9.17) is 4.74 Å². The highest BCUT2D eigenvalue weighted by Crippen LogP contribution is 2.13. The third kappa shape index (κ3) is 3.93. The third-order valence-corrected chi connectivity index (χ3v) is 3.88. The molecule has 114 valence electrons. The number of nitrogens with zero attached hydrogens (tertiary/aromatic N) is 1. The summed E-state index contributed by atoms with van der Waals surface area (Å²) in [5.74, 6) is 0.178. The van der Waals surface area contributed by atoms with E-state index in [1.165, 1.54) is 0 Å². The van der Waals surface area contributed by atoms with Crippen LogP contribution in [-0.4, -0.2) is 61.6 Å². The maximum atomic E-state index is 12.3. The van der Waals surface area contributed by atoms with Crippen LogP contribution in [0.25, 0.3) is 0 Å². The van der Waals surface area contributed by atoms with E-state index < -0.39 is 0 Å². The number of morpholine rings is 1. The molecule has 0 bridgehead atoms. The van der Waals surface area contributed by atoms with Crippen molar-refractivity contribution in [2.24, 2.45) is 5.92 Å². The molecule has 2 N–H and O–H groups in total. The van der Waals surface area contributed by atoms with Crippen LogP contribution in [0, 0.1) is 5.92 Å². The molecule has 0 aliphatic carbocycles. The van der Waals surface area contributed by atoms with E-state index in [0.29, 0.717) is 26.2 Å². The van der Waals surface area contributed by atoms with Crippen LogP contribution in [-0.2, 0) is 14.3 Å². The van der Waals surface area contributed by atoms with Crippen LogP contribution < -0.4 is 10.6 Å². The molecule has 2 aliphatic rings. The minimum atomic E-state index is -0.342. The Kier molecular flexibility index (Phi) is 5.37. The predicted molar refractivity (Wildman–Crippen MR) is 75.2 cm³/mol. The van der Waals surface area contributed by atoms with Crippen molar-refractivity contribution < 1.29 is 14.3 Å². The number of carbonyl (C=O) groups excluding carboxylic acids is 2. The fourth-order valence-corrected chi connectivity index (χ4v) is 2.54. The Morgan fingerprint density at radius 2 is 2.00 bits per heavy atom. The van der Waals surface area contributed by atoms with Gasteiger partial charge in [0.25, 0.3) is 5.91 Å². The largest absolute Gasteiger partial charge is 0.366 e. The van der Waals surface area contributed by atoms with E-state index in [2.05, 4.69) is 10.6 Å². The molecule has 2 aliphatic heterocycles. The number of piperidine rings is 1. The number of ether oxygens (including phenoxy) is 1. The summed E-state index contributed by atoms with van der Waals surface area (Å²) in [6.07, 6.45) is 1.31. The first kappa shape index (κ1) is 15.3. The number of rotatable bonds is 3. The minimum Gasteiger partial charge on any atom is -0.366 e. The van der Waals surface area contributed by atoms with Crippen LogP contribution >= 0.6 is 0 Å². The van der Waals surface area contributed by atoms with Gasteiger partial charge in [0.2, 0.25) is 5.91 Å². The molecule has 0 aromatic rings. The molecule has 0 aromatic carbocycles. The lowest BCUT2D eigenvalue weighted by molar-refractivity contribution is -0.146. The van der Waals surface area contributed by atoms with Crippen molar-refractivity contribution in [1.82, 2.24) is 15.5 Å². The summed E-state index contributed by atoms with van der Waals surface area (Å²) in [4.78, 5) is 25.8. The quantitative estimate of drug-likeness (QED) is 0.748. The van der Waals surface area contributed by atoms with Crippen LogP contribution in [0.2, 0.25) is 0 Å². The zero-order chi connectivity index (χ0) is 14.5. The first-order valence-electron chi connectivity index (χ1n) is 7.49. The van der Waals surface area contributed by atoms with Crippen LogP contribution in [0.1, 0.15) is 26.7 Å². The van der Waals surface area contributed by atoms with Crippen molar-refractivity contribution in [3.05, 3.63) is 0 Å². The molecule has 0 aromatic heterocycles. The standard InChI is InChI=1S/C14H25N3O3/c1-10(2)13(18)16-11-3-6-17(7-4-11)14(19)12-9-15-5-8-20-12/h10-12,15H,3-9H2,1-2H3,(H,16,18). The van der Waals surface area contributed by atoms with E-state index in [-0.39, 0.29) is 29.9 Å². The van der Waals surface area contributed by atoms with Gasteiger partial charge in [-0.2, -0.15) is 0 Å². The smallest absolute Gasteiger partial charge is 0.253 e. The maximum absolute atomic E-state index is 12.3. The van der Waals surface area contributed by atoms with Crippen molar-refractivity contribution in [3.63, 3.8) is 0 Å². The second-order valence-corrected chi connectivity index (χ2v) is 5.83. The van der Waals surface area contributed by atoms with Gasteiger partial charge in [-0.05, 0) is 12.8 Å². The summed E-state index contributed by atoms with van der Waals surface area (Å²) in [5, 5.41) is 6.21. The third-order valence-electron chi connectivity index (χ3n) is 3.88. The highest BCUT2D eigenvalue weighted by atomic mass is 16.5. The highest BCUT2D eigenvalue weighted by molar-refractivity contribution is 5.81. The Hall–Kier alpha value is -1.14. The number of hydrogen-bond acceptors (Lipinski definition) is 4. The highest BCUT2D eigenvalue weighted by Gasteiger charge is 2.30. The maximum Gasteiger partial charge on any atom is 0.253 e. The number of amides is 2. The molecule has 2 rings (SSSR count). The molecule has 0 radical (unpaired) electrons. The number of hydrogen-bond donors (Lipinski definition) is 2. The Morgan fingerprint density at radius 3 is 2.55 bits per heavy atom. The van der Waals surface area contributed by atoms with Gasteiger partial charge in [0.1, 0.15) is 6.10 Å². The lowest BCUT2D eigenvalue weighted by atomic mass is 10.0. The van der Waals surface area contributed by atoms with Crippen molar-refractivity contribution >= 4 is 11.8 Å². The van der Waals surface area contributed by atoms with Crippen molar-refractivity contribution in [2.75, 3.05) is 32.8 Å². The minimum absolute atomic E-state index is 0.0105. The summed E-state index contributed by atoms with van der Waals surface area (Å²) in [5.41, 5.74) is 0. The summed E-state index contributed by atoms with van der Waals surface area (Å²) >= 11 is 0. The fourth-order valence-electron chi connectivity index (χ4n) is 2.54. The van der Waals surface area contributed by atoms with E-state index in [1.54, 1.807) is 0 Å². The Labute approximate surface area is 120 Å². The average Bonchev–Trinajstić information content (AvgIpc) is 2.48. The van der Waals surface area contributed by atoms with Crippen molar-refractivity contribution in [3.8, 4) is 0 Å². The lowest BCUT2D eigenvalue weighted by Crippen LogP contribution is -2.53. The van der Waals surface area contributed by atoms with Gasteiger partial charge < -0.3 is 20.3 Å². The molecular weight excluding hydrogens is 258 g/mol. The van der Waals surface area contributed by atoms with Gasteiger partial charge in [-0.25, -0.2) is 0 Å². The second kappa shape index (κ2) is 7.04. The van der Waals surface area contributed by atoms with Gasteiger partial charge in [0.05, 0.1) is 6.61 Å². The average molecular weight is 283 g/mol. The molecule has 1 atom stereocenters. The number of likely N-dealkylation sites (tertiary alicyclic amines) is 1. The molecule has 1 unspecified atom stereocenters. The second-order valence-electron chi connectivity index (χ2n) is 5.83. The van der Waals surface area contributed by atoms with Gasteiger partial charge >= 0.3 is 0 Å². The molecule has 2 fully saturated rings. The normalized spacial score (nSPS) is 24.8. The topological polar surface area (TPSA) is 70.7 Å². The summed E-state index contributed by atoms with van der Waals surface area (Å²) in [6, 6.07) is 0.194. The molecule has 6 heteroatoms. The summed E-state index contributed by atoms with van der Waals surface area (Å²) in [7, 11) is 0. The first-order chi connectivity index (χ1) is 9.58. The SMILES string of the molecule is CC(C)C(=O)NC1CCN(C(=O)C2CNCCO2)CC1. The van der Waals surface area contributed by atoms with Crippen molar-refractivity contribution in [2.45, 2.75) is 38.8 Å². The zero-order valence-corrected chi connectivity index (χ0v) is 12.4. The number of nitrogens with one attached hydrogen (secondary N) is 2. The molecule has 0 saturated carbocycles. The summed E-state index contributed by atoms with van der Waals surface area (Å²) < 4.78 is 5.49. The van der Waals surface area contributed by atoms with E-state index >= 15 is 0 Å². The molecule has 0 spiro atoms. The number of carbonyl (C=O) groups is 2. The van der Waals surface area contributed by atoms with Gasteiger partial charge in [-0.1, -0.05) is 13.8 Å². The van der Waals surface area contributed by atoms with Crippen LogP contribution in [0.4, 0.5) is 0 Å². The zero-order valence-electron chi connectivity index (χ0n) is 12.4. The van der Waals surface area contributed by atoms with Crippen LogP contribution in [0.15, 0.2) is 0 Å². The van der Waals surface area contributed by atoms with E-state index in [9.17, 15) is 9.59 Å². The Balaban J connectivity index is 1.76. The van der Waals surface area contributed by atoms with Crippen molar-refractivity contribution in [1.29, 1.82) is 0 Å². The lowest BCUT2D eigenvalue weighted by Gasteiger charge is -2.35. The molecule has 2 heterocycles. The molecule has 2 amide bonds. The van der Waals surface area contributed by atoms with Gasteiger partial charge in [0, 0.05) is 38.1 Å². The van der Waals surface area contributed by atoms with E-state index in [1.807, 2.05) is 18.7 Å². The van der Waals surface area contributed by atoms with Crippen LogP contribution in [0.5, 0.6) is 0 Å².